The van der Waals surface area contributed by atoms with Crippen molar-refractivity contribution in [2.24, 2.45) is 0 Å². The molecule has 0 unspecified atom stereocenters. The summed E-state index contributed by atoms with van der Waals surface area (Å²) < 4.78 is 32.4. The molecular formula is C20H22N6O3S. The average Bonchev–Trinajstić information content (AvgIpc) is 2.80. The smallest absolute Gasteiger partial charge is 0.243 e. The van der Waals surface area contributed by atoms with Gasteiger partial charge in [-0.15, -0.1) is 0 Å². The topological polar surface area (TPSA) is 101 Å². The van der Waals surface area contributed by atoms with Crippen molar-refractivity contribution in [1.29, 1.82) is 0 Å². The number of methoxy groups -OCH3 is 1. The maximum atomic E-state index is 12.9. The lowest BCUT2D eigenvalue weighted by molar-refractivity contribution is 0.383. The second kappa shape index (κ2) is 8.64. The Morgan fingerprint density at radius 3 is 2.37 bits per heavy atom. The Hall–Kier alpha value is -3.24. The molecule has 4 rings (SSSR count). The monoisotopic (exact) mass is 426 g/mol. The van der Waals surface area contributed by atoms with Crippen LogP contribution in [0.4, 0.5) is 17.5 Å². The molecule has 1 fully saturated rings. The van der Waals surface area contributed by atoms with Crippen LogP contribution in [0.1, 0.15) is 0 Å². The van der Waals surface area contributed by atoms with E-state index in [1.807, 2.05) is 29.2 Å². The molecule has 1 aliphatic rings. The fourth-order valence-electron chi connectivity index (χ4n) is 3.21. The maximum Gasteiger partial charge on any atom is 0.243 e. The highest BCUT2D eigenvalue weighted by molar-refractivity contribution is 7.89. The van der Waals surface area contributed by atoms with Crippen molar-refractivity contribution in [2.75, 3.05) is 43.5 Å². The predicted molar refractivity (Wildman–Crippen MR) is 114 cm³/mol. The largest absolute Gasteiger partial charge is 0.497 e. The Morgan fingerprint density at radius 1 is 0.933 bits per heavy atom. The van der Waals surface area contributed by atoms with E-state index in [2.05, 4.69) is 20.3 Å². The van der Waals surface area contributed by atoms with Gasteiger partial charge in [0.05, 0.1) is 12.0 Å². The number of piperazine rings is 1. The summed E-state index contributed by atoms with van der Waals surface area (Å²) in [6.45, 7) is 1.83. The zero-order valence-electron chi connectivity index (χ0n) is 16.5. The van der Waals surface area contributed by atoms with E-state index in [1.54, 1.807) is 37.6 Å². The lowest BCUT2D eigenvalue weighted by Crippen LogP contribution is -2.48. The zero-order chi connectivity index (χ0) is 21.0. The fourth-order valence-corrected chi connectivity index (χ4v) is 4.63. The molecule has 1 saturated heterocycles. The lowest BCUT2D eigenvalue weighted by atomic mass is 10.3. The van der Waals surface area contributed by atoms with Crippen molar-refractivity contribution in [3.63, 3.8) is 0 Å². The first-order valence-electron chi connectivity index (χ1n) is 9.45. The molecule has 10 heteroatoms. The molecule has 30 heavy (non-hydrogen) atoms. The number of pyridine rings is 1. The maximum absolute atomic E-state index is 12.9. The Bertz CT molecular complexity index is 1090. The average molecular weight is 427 g/mol. The molecule has 0 spiro atoms. The second-order valence-electron chi connectivity index (χ2n) is 6.67. The number of benzene rings is 1. The number of nitrogens with zero attached hydrogens (tertiary/aromatic N) is 5. The highest BCUT2D eigenvalue weighted by Crippen LogP contribution is 2.23. The van der Waals surface area contributed by atoms with Crippen LogP contribution in [0.2, 0.25) is 0 Å². The van der Waals surface area contributed by atoms with Crippen LogP contribution in [0.25, 0.3) is 0 Å². The Morgan fingerprint density at radius 2 is 1.70 bits per heavy atom. The van der Waals surface area contributed by atoms with Crippen molar-refractivity contribution >= 4 is 27.5 Å². The minimum atomic E-state index is -3.54. The van der Waals surface area contributed by atoms with Gasteiger partial charge in [0.15, 0.2) is 0 Å². The third kappa shape index (κ3) is 4.34. The molecule has 3 heterocycles. The van der Waals surface area contributed by atoms with Crippen LogP contribution in [0, 0.1) is 0 Å². The minimum Gasteiger partial charge on any atom is -0.497 e. The zero-order valence-corrected chi connectivity index (χ0v) is 17.3. The number of hydrogen-bond acceptors (Lipinski definition) is 8. The van der Waals surface area contributed by atoms with E-state index in [-0.39, 0.29) is 4.90 Å². The van der Waals surface area contributed by atoms with Gasteiger partial charge in [0.2, 0.25) is 10.0 Å². The van der Waals surface area contributed by atoms with E-state index in [0.29, 0.717) is 43.6 Å². The van der Waals surface area contributed by atoms with Gasteiger partial charge in [-0.1, -0.05) is 6.07 Å². The molecule has 156 valence electrons. The van der Waals surface area contributed by atoms with E-state index >= 15 is 0 Å². The number of nitrogens with one attached hydrogen (secondary N) is 1. The summed E-state index contributed by atoms with van der Waals surface area (Å²) >= 11 is 0. The van der Waals surface area contributed by atoms with E-state index in [9.17, 15) is 8.42 Å². The van der Waals surface area contributed by atoms with E-state index < -0.39 is 10.0 Å². The van der Waals surface area contributed by atoms with Crippen LogP contribution in [-0.2, 0) is 10.0 Å². The van der Waals surface area contributed by atoms with Crippen molar-refractivity contribution in [3.8, 4) is 5.75 Å². The summed E-state index contributed by atoms with van der Waals surface area (Å²) in [5, 5.41) is 3.14. The molecule has 1 aromatic carbocycles. The van der Waals surface area contributed by atoms with Gasteiger partial charge in [-0.05, 0) is 36.4 Å². The first-order valence-corrected chi connectivity index (χ1v) is 10.9. The number of sulfonamides is 1. The lowest BCUT2D eigenvalue weighted by Gasteiger charge is -2.34. The standard InChI is InChI=1S/C20H22N6O3S/c1-29-16-5-7-17(8-6-16)30(27,28)26-12-10-25(11-13-26)20-14-19(22-15-23-20)24-18-4-2-3-9-21-18/h2-9,14-15H,10-13H2,1H3,(H,21,22,23,24). The van der Waals surface area contributed by atoms with Gasteiger partial charge >= 0.3 is 0 Å². The normalized spacial score (nSPS) is 15.0. The van der Waals surface area contributed by atoms with Gasteiger partial charge in [-0.3, -0.25) is 0 Å². The van der Waals surface area contributed by atoms with Gasteiger partial charge in [0.1, 0.15) is 29.5 Å². The predicted octanol–water partition coefficient (Wildman–Crippen LogP) is 2.13. The molecule has 0 radical (unpaired) electrons. The third-order valence-corrected chi connectivity index (χ3v) is 6.75. The van der Waals surface area contributed by atoms with Gasteiger partial charge < -0.3 is 15.0 Å². The third-order valence-electron chi connectivity index (χ3n) is 4.83. The van der Waals surface area contributed by atoms with Gasteiger partial charge in [0.25, 0.3) is 0 Å². The summed E-state index contributed by atoms with van der Waals surface area (Å²) in [5.41, 5.74) is 0. The van der Waals surface area contributed by atoms with Gasteiger partial charge in [0, 0.05) is 38.4 Å². The number of ether oxygens (including phenoxy) is 1. The molecule has 0 atom stereocenters. The molecule has 0 aliphatic carbocycles. The van der Waals surface area contributed by atoms with E-state index in [4.69, 9.17) is 4.74 Å². The molecule has 0 bridgehead atoms. The highest BCUT2D eigenvalue weighted by atomic mass is 32.2. The highest BCUT2D eigenvalue weighted by Gasteiger charge is 2.29. The molecule has 3 aromatic rings. The number of aromatic nitrogens is 3. The molecule has 1 aliphatic heterocycles. The van der Waals surface area contributed by atoms with Crippen LogP contribution >= 0.6 is 0 Å². The van der Waals surface area contributed by atoms with E-state index in [1.165, 1.54) is 10.6 Å². The fraction of sp³-hybridized carbons (Fsp3) is 0.250. The molecule has 2 aromatic heterocycles. The summed E-state index contributed by atoms with van der Waals surface area (Å²) in [6.07, 6.45) is 3.19. The first-order chi connectivity index (χ1) is 14.6. The summed E-state index contributed by atoms with van der Waals surface area (Å²) in [7, 11) is -1.99. The molecular weight excluding hydrogens is 404 g/mol. The number of anilines is 3. The Labute approximate surface area is 175 Å². The molecule has 9 nitrogen and oxygen atoms in total. The Kier molecular flexibility index (Phi) is 5.77. The van der Waals surface area contributed by atoms with Crippen LogP contribution in [0.5, 0.6) is 5.75 Å². The van der Waals surface area contributed by atoms with Crippen molar-refractivity contribution in [2.45, 2.75) is 4.90 Å². The van der Waals surface area contributed by atoms with Crippen molar-refractivity contribution < 1.29 is 13.2 Å². The first kappa shape index (κ1) is 20.0. The number of hydrogen-bond donors (Lipinski definition) is 1. The molecule has 0 saturated carbocycles. The van der Waals surface area contributed by atoms with Crippen LogP contribution < -0.4 is 15.0 Å². The Balaban J connectivity index is 1.42. The second-order valence-corrected chi connectivity index (χ2v) is 8.61. The minimum absolute atomic E-state index is 0.264. The van der Waals surface area contributed by atoms with Gasteiger partial charge in [-0.2, -0.15) is 4.31 Å². The summed E-state index contributed by atoms with van der Waals surface area (Å²) in [4.78, 5) is 15.1. The van der Waals surface area contributed by atoms with E-state index in [0.717, 1.165) is 5.82 Å². The van der Waals surface area contributed by atoms with Crippen LogP contribution in [0.15, 0.2) is 66.0 Å². The molecule has 0 amide bonds. The summed E-state index contributed by atoms with van der Waals surface area (Å²) in [5.74, 6) is 2.69. The summed E-state index contributed by atoms with van der Waals surface area (Å²) in [6, 6.07) is 13.9. The SMILES string of the molecule is COc1ccc(S(=O)(=O)N2CCN(c3cc(Nc4ccccn4)ncn3)CC2)cc1. The van der Waals surface area contributed by atoms with Crippen molar-refractivity contribution in [3.05, 3.63) is 61.1 Å². The van der Waals surface area contributed by atoms with Crippen LogP contribution in [0.3, 0.4) is 0 Å². The van der Waals surface area contributed by atoms with Crippen molar-refractivity contribution in [1.82, 2.24) is 19.3 Å². The van der Waals surface area contributed by atoms with Crippen LogP contribution in [-0.4, -0.2) is 61.0 Å². The molecule has 1 N–H and O–H groups in total. The number of rotatable bonds is 6. The quantitative estimate of drug-likeness (QED) is 0.640. The van der Waals surface area contributed by atoms with Gasteiger partial charge in [-0.25, -0.2) is 23.4 Å².